The van der Waals surface area contributed by atoms with Crippen LogP contribution in [0.25, 0.3) is 10.9 Å². The Hall–Kier alpha value is -2.62. The quantitative estimate of drug-likeness (QED) is 0.719. The first kappa shape index (κ1) is 10.3. The number of anilines is 1. The second-order valence-corrected chi connectivity index (χ2v) is 4.39. The molecule has 2 aromatic rings. The summed E-state index contributed by atoms with van der Waals surface area (Å²) in [4.78, 5) is 10.8. The third kappa shape index (κ3) is 1.53. The Balaban J connectivity index is 2.06. The predicted molar refractivity (Wildman–Crippen MR) is 73.9 cm³/mol. The summed E-state index contributed by atoms with van der Waals surface area (Å²) in [6.45, 7) is 0.518. The summed E-state index contributed by atoms with van der Waals surface area (Å²) in [5, 5.41) is 0.958. The van der Waals surface area contributed by atoms with Crippen LogP contribution < -0.4 is 9.64 Å². The van der Waals surface area contributed by atoms with Gasteiger partial charge in [-0.25, -0.2) is 9.97 Å². The number of fused-ring (bicyclic) bond motifs is 2. The Morgan fingerprint density at radius 2 is 2.11 bits per heavy atom. The molecule has 0 saturated heterocycles. The van der Waals surface area contributed by atoms with Crippen molar-refractivity contribution in [1.29, 1.82) is 0 Å². The van der Waals surface area contributed by atoms with Crippen molar-refractivity contribution in [3.8, 4) is 5.75 Å². The van der Waals surface area contributed by atoms with Gasteiger partial charge in [-0.2, -0.15) is 0 Å². The average Bonchev–Trinajstić information content (AvgIpc) is 2.76. The zero-order valence-corrected chi connectivity index (χ0v) is 10.2. The van der Waals surface area contributed by atoms with Crippen LogP contribution in [0.15, 0.2) is 60.7 Å². The molecule has 0 spiro atoms. The zero-order chi connectivity index (χ0) is 12.7. The van der Waals surface area contributed by atoms with Crippen molar-refractivity contribution < 1.29 is 4.74 Å². The van der Waals surface area contributed by atoms with Crippen LogP contribution in [0, 0.1) is 0 Å². The Morgan fingerprint density at radius 1 is 1.11 bits per heavy atom. The van der Waals surface area contributed by atoms with E-state index in [4.69, 9.17) is 4.74 Å². The number of aromatic nitrogens is 2. The summed E-state index contributed by atoms with van der Waals surface area (Å²) < 4.78 is 5.89. The molecule has 4 nitrogen and oxygen atoms in total. The summed E-state index contributed by atoms with van der Waals surface area (Å²) in [5.41, 5.74) is 1.95. The first-order chi connectivity index (χ1) is 9.43. The first-order valence-electron chi connectivity index (χ1n) is 6.13. The van der Waals surface area contributed by atoms with Crippen LogP contribution in [0.3, 0.4) is 0 Å². The summed E-state index contributed by atoms with van der Waals surface area (Å²) in [5.74, 6) is 1.70. The molecular weight excluding hydrogens is 238 g/mol. The van der Waals surface area contributed by atoms with Gasteiger partial charge in [0.2, 0.25) is 0 Å². The molecule has 1 aromatic carbocycles. The van der Waals surface area contributed by atoms with E-state index >= 15 is 0 Å². The van der Waals surface area contributed by atoms with E-state index in [1.165, 1.54) is 0 Å². The summed E-state index contributed by atoms with van der Waals surface area (Å²) in [6, 6.07) is 5.89. The van der Waals surface area contributed by atoms with Crippen molar-refractivity contribution in [2.75, 3.05) is 11.5 Å². The SMILES string of the molecule is C1=CC=C2COc3cccc4ncnc(c34)N2C=C1. The molecule has 92 valence electrons. The van der Waals surface area contributed by atoms with Crippen molar-refractivity contribution in [1.82, 2.24) is 9.97 Å². The average molecular weight is 249 g/mol. The van der Waals surface area contributed by atoms with Gasteiger partial charge < -0.3 is 9.64 Å². The van der Waals surface area contributed by atoms with Crippen molar-refractivity contribution in [3.05, 3.63) is 60.7 Å². The molecule has 4 rings (SSSR count). The molecule has 0 fully saturated rings. The lowest BCUT2D eigenvalue weighted by Crippen LogP contribution is -2.19. The van der Waals surface area contributed by atoms with Crippen molar-refractivity contribution in [3.63, 3.8) is 0 Å². The molecule has 2 aliphatic rings. The van der Waals surface area contributed by atoms with Gasteiger partial charge in [0.05, 0.1) is 16.6 Å². The van der Waals surface area contributed by atoms with Gasteiger partial charge in [-0.05, 0) is 24.3 Å². The molecule has 0 radical (unpaired) electrons. The van der Waals surface area contributed by atoms with Gasteiger partial charge in [-0.1, -0.05) is 18.2 Å². The molecule has 2 aliphatic heterocycles. The molecule has 4 heteroatoms. The summed E-state index contributed by atoms with van der Waals surface area (Å²) in [6.07, 6.45) is 11.6. The van der Waals surface area contributed by atoms with E-state index in [9.17, 15) is 0 Å². The Morgan fingerprint density at radius 3 is 3.11 bits per heavy atom. The molecule has 0 aliphatic carbocycles. The highest BCUT2D eigenvalue weighted by Gasteiger charge is 2.22. The van der Waals surface area contributed by atoms with E-state index in [2.05, 4.69) is 14.9 Å². The second kappa shape index (κ2) is 3.95. The molecular formula is C15H11N3O. The molecule has 0 amide bonds. The van der Waals surface area contributed by atoms with E-state index in [0.717, 1.165) is 28.2 Å². The fourth-order valence-corrected chi connectivity index (χ4v) is 2.38. The van der Waals surface area contributed by atoms with Crippen LogP contribution in [0.1, 0.15) is 0 Å². The molecule has 0 atom stereocenters. The van der Waals surface area contributed by atoms with Crippen molar-refractivity contribution in [2.45, 2.75) is 0 Å². The lowest BCUT2D eigenvalue weighted by Gasteiger charge is -2.19. The maximum absolute atomic E-state index is 5.89. The van der Waals surface area contributed by atoms with Gasteiger partial charge in [0.15, 0.2) is 5.82 Å². The number of benzene rings is 1. The molecule has 0 N–H and O–H groups in total. The van der Waals surface area contributed by atoms with Crippen molar-refractivity contribution >= 4 is 16.7 Å². The number of hydrogen-bond donors (Lipinski definition) is 0. The second-order valence-electron chi connectivity index (χ2n) is 4.39. The minimum atomic E-state index is 0.518. The maximum atomic E-state index is 5.89. The Bertz CT molecular complexity index is 741. The van der Waals surface area contributed by atoms with Gasteiger partial charge >= 0.3 is 0 Å². The maximum Gasteiger partial charge on any atom is 0.152 e. The van der Waals surface area contributed by atoms with Crippen LogP contribution in [-0.4, -0.2) is 16.6 Å². The topological polar surface area (TPSA) is 38.3 Å². The number of nitrogens with zero attached hydrogens (tertiary/aromatic N) is 3. The molecule has 0 saturated carbocycles. The van der Waals surface area contributed by atoms with Crippen LogP contribution in [0.2, 0.25) is 0 Å². The minimum absolute atomic E-state index is 0.518. The highest BCUT2D eigenvalue weighted by Crippen LogP contribution is 2.36. The molecule has 1 aromatic heterocycles. The van der Waals surface area contributed by atoms with Crippen LogP contribution in [0.5, 0.6) is 5.75 Å². The van der Waals surface area contributed by atoms with Crippen LogP contribution in [0.4, 0.5) is 5.82 Å². The smallest absolute Gasteiger partial charge is 0.152 e. The monoisotopic (exact) mass is 249 g/mol. The highest BCUT2D eigenvalue weighted by atomic mass is 16.5. The van der Waals surface area contributed by atoms with E-state index < -0.39 is 0 Å². The minimum Gasteiger partial charge on any atom is -0.487 e. The number of ether oxygens (including phenoxy) is 1. The van der Waals surface area contributed by atoms with Gasteiger partial charge in [0, 0.05) is 6.20 Å². The summed E-state index contributed by atoms with van der Waals surface area (Å²) in [7, 11) is 0. The van der Waals surface area contributed by atoms with Crippen molar-refractivity contribution in [2.24, 2.45) is 0 Å². The molecule has 0 bridgehead atoms. The van der Waals surface area contributed by atoms with E-state index in [1.54, 1.807) is 6.33 Å². The fourth-order valence-electron chi connectivity index (χ4n) is 2.38. The highest BCUT2D eigenvalue weighted by molar-refractivity contribution is 5.96. The van der Waals surface area contributed by atoms with Gasteiger partial charge in [-0.15, -0.1) is 0 Å². The standard InChI is InChI=1S/C15H11N3O/c1-2-5-11-9-19-13-7-4-6-12-14(13)15(17-10-16-12)18(11)8-3-1/h1-8,10H,9H2. The Labute approximate surface area is 110 Å². The summed E-state index contributed by atoms with van der Waals surface area (Å²) >= 11 is 0. The third-order valence-electron chi connectivity index (χ3n) is 3.26. The Kier molecular flexibility index (Phi) is 2.14. The lowest BCUT2D eigenvalue weighted by atomic mass is 10.2. The van der Waals surface area contributed by atoms with E-state index in [-0.39, 0.29) is 0 Å². The molecule has 3 heterocycles. The van der Waals surface area contributed by atoms with Gasteiger partial charge in [-0.3, -0.25) is 0 Å². The van der Waals surface area contributed by atoms with Crippen LogP contribution in [-0.2, 0) is 0 Å². The van der Waals surface area contributed by atoms with Gasteiger partial charge in [0.1, 0.15) is 18.7 Å². The predicted octanol–water partition coefficient (Wildman–Crippen LogP) is 2.80. The lowest BCUT2D eigenvalue weighted by molar-refractivity contribution is 0.357. The molecule has 0 unspecified atom stereocenters. The fraction of sp³-hybridized carbons (Fsp3) is 0.0667. The normalized spacial score (nSPS) is 16.4. The molecule has 19 heavy (non-hydrogen) atoms. The zero-order valence-electron chi connectivity index (χ0n) is 10.2. The van der Waals surface area contributed by atoms with E-state index in [0.29, 0.717) is 6.61 Å². The largest absolute Gasteiger partial charge is 0.487 e. The third-order valence-corrected chi connectivity index (χ3v) is 3.26. The number of rotatable bonds is 0. The van der Waals surface area contributed by atoms with E-state index in [1.807, 2.05) is 48.7 Å². The number of allylic oxidation sites excluding steroid dienone is 4. The van der Waals surface area contributed by atoms with Crippen LogP contribution >= 0.6 is 0 Å². The van der Waals surface area contributed by atoms with Gasteiger partial charge in [0.25, 0.3) is 0 Å². The first-order valence-corrected chi connectivity index (χ1v) is 6.13. The number of hydrogen-bond acceptors (Lipinski definition) is 4.